The summed E-state index contributed by atoms with van der Waals surface area (Å²) in [6.45, 7) is 18.2. The lowest BCUT2D eigenvalue weighted by Crippen LogP contribution is -2.12. The third kappa shape index (κ3) is 15.9. The van der Waals surface area contributed by atoms with Gasteiger partial charge in [0.25, 0.3) is 0 Å². The summed E-state index contributed by atoms with van der Waals surface area (Å²) >= 11 is 0. The maximum absolute atomic E-state index is 4.91. The molecular formula is C52H62N4. The monoisotopic (exact) mass is 742 g/mol. The third-order valence-electron chi connectivity index (χ3n) is 8.92. The van der Waals surface area contributed by atoms with Crippen LogP contribution in [-0.2, 0) is 6.42 Å². The zero-order valence-corrected chi connectivity index (χ0v) is 34.9. The fraction of sp³-hybridized carbons (Fsp3) is 0.269. The highest BCUT2D eigenvalue weighted by Gasteiger charge is 2.09. The Morgan fingerprint density at radius 3 is 1.20 bits per heavy atom. The van der Waals surface area contributed by atoms with Crippen LogP contribution in [0.25, 0.3) is 0 Å². The standard InChI is InChI=1S/C52H62N4/c1-9-20-45(47(22-11-3)32-36-55-51-28-18-16-26-49(51)41(5)6)30-34-53-39-44(38-43-24-14-13-15-25-43)40-54-35-31-46(21-10-2)48(23-12-4)33-37-56-52-29-19-17-27-50(52)42(7)8/h9-37,41-42,44H,38-40H2,1-8H3/b20-9-,21-10-,22-11-,23-12-,45-30+,46-31+,47-32-,48-33+,53-34+,54-35+,55-36+,56-37+. The van der Waals surface area contributed by atoms with E-state index in [1.165, 1.54) is 16.7 Å². The molecule has 0 spiro atoms. The molecule has 4 heteroatoms. The van der Waals surface area contributed by atoms with E-state index in [1.807, 2.05) is 64.7 Å². The summed E-state index contributed by atoms with van der Waals surface area (Å²) in [6, 6.07) is 27.3. The van der Waals surface area contributed by atoms with Crippen molar-refractivity contribution in [2.24, 2.45) is 25.9 Å². The number of hydrogen-bond donors (Lipinski definition) is 0. The third-order valence-corrected chi connectivity index (χ3v) is 8.92. The Labute approximate surface area is 338 Å². The van der Waals surface area contributed by atoms with E-state index in [1.54, 1.807) is 0 Å². The minimum atomic E-state index is 0.236. The van der Waals surface area contributed by atoms with Gasteiger partial charge >= 0.3 is 0 Å². The van der Waals surface area contributed by atoms with Crippen LogP contribution in [-0.4, -0.2) is 37.9 Å². The SMILES string of the molecule is C\C=C/C(=C/C=N/c1ccccc1C(C)C)C(/C=C\C)=C/C=N/CC(C/N=C/C=C(\C=C/C)C(/C=C\C)=C/C=N/c1ccccc1C(C)C)Cc1ccccc1. The molecule has 0 radical (unpaired) electrons. The van der Waals surface area contributed by atoms with Crippen LogP contribution in [0.5, 0.6) is 0 Å². The van der Waals surface area contributed by atoms with E-state index in [4.69, 9.17) is 20.0 Å². The second-order valence-corrected chi connectivity index (χ2v) is 14.1. The first-order chi connectivity index (χ1) is 27.3. The van der Waals surface area contributed by atoms with Crippen LogP contribution in [0.2, 0.25) is 0 Å². The highest BCUT2D eigenvalue weighted by atomic mass is 14.8. The average molecular weight is 743 g/mol. The van der Waals surface area contributed by atoms with Crippen LogP contribution in [0, 0.1) is 5.92 Å². The Bertz CT molecular complexity index is 1880. The molecule has 0 heterocycles. The van der Waals surface area contributed by atoms with E-state index in [9.17, 15) is 0 Å². The lowest BCUT2D eigenvalue weighted by molar-refractivity contribution is 0.552. The van der Waals surface area contributed by atoms with Crippen LogP contribution >= 0.6 is 0 Å². The fourth-order valence-corrected chi connectivity index (χ4v) is 6.11. The molecule has 1 unspecified atom stereocenters. The predicted molar refractivity (Wildman–Crippen MR) is 249 cm³/mol. The molecule has 0 aromatic heterocycles. The number of hydrogen-bond acceptors (Lipinski definition) is 4. The molecule has 0 saturated carbocycles. The van der Waals surface area contributed by atoms with E-state index in [2.05, 4.69) is 167 Å². The van der Waals surface area contributed by atoms with E-state index in [0.29, 0.717) is 24.9 Å². The zero-order valence-electron chi connectivity index (χ0n) is 34.9. The second-order valence-electron chi connectivity index (χ2n) is 14.1. The summed E-state index contributed by atoms with van der Waals surface area (Å²) in [5.41, 5.74) is 10.0. The van der Waals surface area contributed by atoms with Crippen molar-refractivity contribution in [3.8, 4) is 0 Å². The highest BCUT2D eigenvalue weighted by molar-refractivity contribution is 5.82. The Morgan fingerprint density at radius 1 is 0.464 bits per heavy atom. The molecule has 0 bridgehead atoms. The normalized spacial score (nSPS) is 14.8. The van der Waals surface area contributed by atoms with E-state index in [0.717, 1.165) is 40.1 Å². The molecule has 3 rings (SSSR count). The Balaban J connectivity index is 1.83. The Kier molecular flexibility index (Phi) is 20.8. The van der Waals surface area contributed by atoms with E-state index >= 15 is 0 Å². The van der Waals surface area contributed by atoms with Gasteiger partial charge in [-0.15, -0.1) is 0 Å². The first kappa shape index (κ1) is 44.7. The van der Waals surface area contributed by atoms with Crippen molar-refractivity contribution in [3.05, 3.63) is 191 Å². The van der Waals surface area contributed by atoms with Crippen molar-refractivity contribution in [1.29, 1.82) is 0 Å². The number of aliphatic imine (C=N–C) groups is 4. The summed E-state index contributed by atoms with van der Waals surface area (Å²) in [6.07, 6.45) is 33.5. The molecule has 0 aliphatic heterocycles. The van der Waals surface area contributed by atoms with Crippen LogP contribution in [0.1, 0.15) is 83.9 Å². The summed E-state index contributed by atoms with van der Waals surface area (Å²) in [4.78, 5) is 19.4. The first-order valence-corrected chi connectivity index (χ1v) is 19.9. The molecule has 56 heavy (non-hydrogen) atoms. The van der Waals surface area contributed by atoms with Gasteiger partial charge in [0.05, 0.1) is 11.4 Å². The maximum Gasteiger partial charge on any atom is 0.0664 e. The van der Waals surface area contributed by atoms with Gasteiger partial charge in [0.15, 0.2) is 0 Å². The van der Waals surface area contributed by atoms with Gasteiger partial charge in [-0.25, -0.2) is 0 Å². The summed E-state index contributed by atoms with van der Waals surface area (Å²) in [5, 5.41) is 0. The number of para-hydroxylation sites is 2. The molecule has 3 aromatic rings. The molecule has 0 aliphatic rings. The largest absolute Gasteiger partial charge is 0.293 e. The molecule has 1 atom stereocenters. The number of rotatable bonds is 20. The molecule has 0 N–H and O–H groups in total. The van der Waals surface area contributed by atoms with E-state index in [-0.39, 0.29) is 5.92 Å². The summed E-state index contributed by atoms with van der Waals surface area (Å²) in [7, 11) is 0. The minimum Gasteiger partial charge on any atom is -0.293 e. The van der Waals surface area contributed by atoms with Crippen LogP contribution in [0.15, 0.2) is 194 Å². The molecule has 4 nitrogen and oxygen atoms in total. The van der Waals surface area contributed by atoms with Gasteiger partial charge in [-0.2, -0.15) is 0 Å². The highest BCUT2D eigenvalue weighted by Crippen LogP contribution is 2.27. The molecule has 290 valence electrons. The van der Waals surface area contributed by atoms with Crippen molar-refractivity contribution in [2.45, 2.75) is 73.6 Å². The first-order valence-electron chi connectivity index (χ1n) is 19.9. The van der Waals surface area contributed by atoms with Crippen LogP contribution in [0.4, 0.5) is 11.4 Å². The summed E-state index contributed by atoms with van der Waals surface area (Å²) in [5.74, 6) is 1.05. The zero-order chi connectivity index (χ0) is 40.4. The van der Waals surface area contributed by atoms with Gasteiger partial charge in [-0.3, -0.25) is 20.0 Å². The van der Waals surface area contributed by atoms with Gasteiger partial charge < -0.3 is 0 Å². The van der Waals surface area contributed by atoms with Crippen molar-refractivity contribution in [3.63, 3.8) is 0 Å². The van der Waals surface area contributed by atoms with E-state index < -0.39 is 0 Å². The fourth-order valence-electron chi connectivity index (χ4n) is 6.11. The topological polar surface area (TPSA) is 49.4 Å². The summed E-state index contributed by atoms with van der Waals surface area (Å²) < 4.78 is 0. The molecule has 0 amide bonds. The van der Waals surface area contributed by atoms with Crippen LogP contribution < -0.4 is 0 Å². The van der Waals surface area contributed by atoms with Gasteiger partial charge in [0, 0.05) is 43.9 Å². The van der Waals surface area contributed by atoms with Crippen molar-refractivity contribution >= 4 is 36.2 Å². The minimum absolute atomic E-state index is 0.236. The molecular weight excluding hydrogens is 681 g/mol. The number of allylic oxidation sites excluding steroid dienone is 16. The number of nitrogens with zero attached hydrogens (tertiary/aromatic N) is 4. The van der Waals surface area contributed by atoms with Gasteiger partial charge in [-0.1, -0.05) is 143 Å². The second kappa shape index (κ2) is 26.1. The quantitative estimate of drug-likeness (QED) is 0.0818. The Hall–Kier alpha value is -5.74. The van der Waals surface area contributed by atoms with Crippen molar-refractivity contribution < 1.29 is 0 Å². The lowest BCUT2D eigenvalue weighted by atomic mass is 9.99. The molecule has 3 aromatic carbocycles. The van der Waals surface area contributed by atoms with Crippen LogP contribution in [0.3, 0.4) is 0 Å². The number of benzene rings is 3. The molecule has 0 aliphatic carbocycles. The maximum atomic E-state index is 4.91. The molecule has 0 fully saturated rings. The average Bonchev–Trinajstić information content (AvgIpc) is 3.20. The van der Waals surface area contributed by atoms with Gasteiger partial charge in [-0.05, 0) is 121 Å². The van der Waals surface area contributed by atoms with Gasteiger partial charge in [0.1, 0.15) is 0 Å². The smallest absolute Gasteiger partial charge is 0.0664 e. The predicted octanol–water partition coefficient (Wildman–Crippen LogP) is 14.0. The van der Waals surface area contributed by atoms with Crippen molar-refractivity contribution in [1.82, 2.24) is 0 Å². The van der Waals surface area contributed by atoms with Gasteiger partial charge in [0.2, 0.25) is 0 Å². The lowest BCUT2D eigenvalue weighted by Gasteiger charge is -2.12. The van der Waals surface area contributed by atoms with Crippen molar-refractivity contribution in [2.75, 3.05) is 13.1 Å². The Morgan fingerprint density at radius 2 is 0.821 bits per heavy atom. The molecule has 0 saturated heterocycles.